The smallest absolute Gasteiger partial charge is 0.0541 e. The Morgan fingerprint density at radius 2 is 2.00 bits per heavy atom. The van der Waals surface area contributed by atoms with Crippen LogP contribution >= 0.6 is 0 Å². The van der Waals surface area contributed by atoms with Crippen LogP contribution in [0.4, 0.5) is 5.69 Å². The van der Waals surface area contributed by atoms with Crippen LogP contribution in [-0.2, 0) is 0 Å². The van der Waals surface area contributed by atoms with Gasteiger partial charge in [0.05, 0.1) is 6.02 Å². The zero-order valence-electron chi connectivity index (χ0n) is 9.31. The minimum Gasteiger partial charge on any atom is -0.846 e. The first kappa shape index (κ1) is 11.6. The number of para-hydroxylation sites is 1. The predicted molar refractivity (Wildman–Crippen MR) is 62.1 cm³/mol. The topological polar surface area (TPSA) is 38.7 Å². The number of rotatable bonds is 4. The molecule has 0 aliphatic rings. The summed E-state index contributed by atoms with van der Waals surface area (Å²) >= 11 is 0. The minimum atomic E-state index is -0.172. The van der Waals surface area contributed by atoms with Gasteiger partial charge in [0, 0.05) is 19.3 Å². The third-order valence-corrected chi connectivity index (χ3v) is 2.23. The highest BCUT2D eigenvalue weighted by molar-refractivity contribution is 5.88. The maximum atomic E-state index is 11.6. The molecule has 0 N–H and O–H groups in total. The second-order valence-electron chi connectivity index (χ2n) is 3.35. The van der Waals surface area contributed by atoms with Crippen LogP contribution in [0.5, 0.6) is 0 Å². The van der Waals surface area contributed by atoms with Crippen LogP contribution in [0.25, 0.3) is 0 Å². The molecule has 0 aliphatic heterocycles. The lowest BCUT2D eigenvalue weighted by Gasteiger charge is -2.29. The Labute approximate surface area is 91.1 Å². The van der Waals surface area contributed by atoms with E-state index in [-0.39, 0.29) is 6.02 Å². The van der Waals surface area contributed by atoms with Gasteiger partial charge in [-0.3, -0.25) is 4.99 Å². The molecule has 0 spiro atoms. The van der Waals surface area contributed by atoms with E-state index in [0.29, 0.717) is 0 Å². The van der Waals surface area contributed by atoms with E-state index < -0.39 is 0 Å². The van der Waals surface area contributed by atoms with E-state index in [1.165, 1.54) is 7.05 Å². The molecule has 0 aliphatic carbocycles. The van der Waals surface area contributed by atoms with E-state index in [1.807, 2.05) is 30.3 Å². The predicted octanol–water partition coefficient (Wildman–Crippen LogP) is 1.64. The molecule has 0 amide bonds. The Hall–Kier alpha value is -1.51. The summed E-state index contributed by atoms with van der Waals surface area (Å²) in [6.45, 7) is 2.84. The molecule has 1 rings (SSSR count). The molecule has 0 radical (unpaired) electrons. The largest absolute Gasteiger partial charge is 0.846 e. The highest BCUT2D eigenvalue weighted by Crippen LogP contribution is 2.13. The molecular formula is C12H17N2O-. The van der Waals surface area contributed by atoms with Gasteiger partial charge in [-0.1, -0.05) is 31.5 Å². The van der Waals surface area contributed by atoms with Gasteiger partial charge in [0.1, 0.15) is 0 Å². The van der Waals surface area contributed by atoms with E-state index in [4.69, 9.17) is 0 Å². The van der Waals surface area contributed by atoms with Gasteiger partial charge in [0.15, 0.2) is 0 Å². The second-order valence-corrected chi connectivity index (χ2v) is 3.35. The molecule has 0 saturated heterocycles. The molecule has 0 aromatic heterocycles. The first-order valence-electron chi connectivity index (χ1n) is 5.26. The maximum absolute atomic E-state index is 11.6. The van der Waals surface area contributed by atoms with Crippen LogP contribution in [0.1, 0.15) is 19.8 Å². The lowest BCUT2D eigenvalue weighted by molar-refractivity contribution is -0.218. The van der Waals surface area contributed by atoms with Gasteiger partial charge in [-0.25, -0.2) is 0 Å². The molecule has 3 heteroatoms. The van der Waals surface area contributed by atoms with E-state index >= 15 is 0 Å². The lowest BCUT2D eigenvalue weighted by atomic mass is 10.2. The molecule has 82 valence electrons. The number of hydrogen-bond acceptors (Lipinski definition) is 2. The van der Waals surface area contributed by atoms with Crippen molar-refractivity contribution in [3.8, 4) is 0 Å². The number of unbranched alkanes of at least 4 members (excludes halogenated alkanes) is 1. The van der Waals surface area contributed by atoms with Crippen molar-refractivity contribution in [1.29, 1.82) is 0 Å². The van der Waals surface area contributed by atoms with Gasteiger partial charge in [0.25, 0.3) is 0 Å². The molecule has 0 unspecified atom stereocenters. The molecule has 1 aromatic carbocycles. The Bertz CT molecular complexity index is 309. The summed E-state index contributed by atoms with van der Waals surface area (Å²) in [6.07, 6.45) is 2.07. The van der Waals surface area contributed by atoms with Gasteiger partial charge < -0.3 is 10.0 Å². The van der Waals surface area contributed by atoms with E-state index in [9.17, 15) is 5.11 Å². The van der Waals surface area contributed by atoms with Crippen LogP contribution in [0, 0.1) is 0 Å². The van der Waals surface area contributed by atoms with Crippen molar-refractivity contribution in [3.05, 3.63) is 30.3 Å². The molecule has 1 aromatic rings. The maximum Gasteiger partial charge on any atom is 0.0541 e. The summed E-state index contributed by atoms with van der Waals surface area (Å²) in [6, 6.07) is 9.48. The van der Waals surface area contributed by atoms with Crippen LogP contribution < -0.4 is 10.0 Å². The van der Waals surface area contributed by atoms with Crippen molar-refractivity contribution in [1.82, 2.24) is 0 Å². The monoisotopic (exact) mass is 205 g/mol. The molecule has 15 heavy (non-hydrogen) atoms. The molecule has 0 atom stereocenters. The van der Waals surface area contributed by atoms with E-state index in [2.05, 4.69) is 11.9 Å². The third kappa shape index (κ3) is 3.27. The average molecular weight is 205 g/mol. The number of nitrogens with zero attached hydrogens (tertiary/aromatic N) is 2. The van der Waals surface area contributed by atoms with Crippen LogP contribution in [-0.4, -0.2) is 19.6 Å². The van der Waals surface area contributed by atoms with Crippen LogP contribution in [0.15, 0.2) is 35.3 Å². The van der Waals surface area contributed by atoms with Crippen LogP contribution in [0.3, 0.4) is 0 Å². The quantitative estimate of drug-likeness (QED) is 0.553. The van der Waals surface area contributed by atoms with Crippen molar-refractivity contribution in [2.24, 2.45) is 4.99 Å². The summed E-state index contributed by atoms with van der Waals surface area (Å²) in [5.41, 5.74) is 0.918. The van der Waals surface area contributed by atoms with Gasteiger partial charge in [-0.2, -0.15) is 0 Å². The first-order valence-corrected chi connectivity index (χ1v) is 5.26. The number of amidine groups is 1. The Morgan fingerprint density at radius 1 is 1.33 bits per heavy atom. The normalized spacial score (nSPS) is 11.5. The molecule has 0 fully saturated rings. The van der Waals surface area contributed by atoms with Crippen LogP contribution in [0.2, 0.25) is 0 Å². The Kier molecular flexibility index (Phi) is 4.68. The number of hydrogen-bond donors (Lipinski definition) is 0. The summed E-state index contributed by atoms with van der Waals surface area (Å²) < 4.78 is 0. The summed E-state index contributed by atoms with van der Waals surface area (Å²) in [4.78, 5) is 5.42. The van der Waals surface area contributed by atoms with Gasteiger partial charge in [-0.15, -0.1) is 0 Å². The lowest BCUT2D eigenvalue weighted by Crippen LogP contribution is -2.40. The summed E-state index contributed by atoms with van der Waals surface area (Å²) in [5.74, 6) is 0. The van der Waals surface area contributed by atoms with Crippen molar-refractivity contribution >= 4 is 11.7 Å². The van der Waals surface area contributed by atoms with Gasteiger partial charge in [0.2, 0.25) is 0 Å². The van der Waals surface area contributed by atoms with Crippen molar-refractivity contribution < 1.29 is 5.11 Å². The number of anilines is 1. The molecule has 0 saturated carbocycles. The highest BCUT2D eigenvalue weighted by Gasteiger charge is 2.04. The molecule has 0 heterocycles. The van der Waals surface area contributed by atoms with E-state index in [1.54, 1.807) is 4.90 Å². The molecule has 0 bridgehead atoms. The van der Waals surface area contributed by atoms with Gasteiger partial charge in [-0.05, 0) is 18.6 Å². The van der Waals surface area contributed by atoms with Crippen molar-refractivity contribution in [2.75, 3.05) is 18.5 Å². The number of aliphatic imine (C=N–C) groups is 1. The zero-order valence-corrected chi connectivity index (χ0v) is 9.31. The van der Waals surface area contributed by atoms with Crippen molar-refractivity contribution in [2.45, 2.75) is 19.8 Å². The van der Waals surface area contributed by atoms with E-state index in [0.717, 1.165) is 25.1 Å². The second kappa shape index (κ2) is 6.06. The number of benzene rings is 1. The minimum absolute atomic E-state index is 0.172. The summed E-state index contributed by atoms with van der Waals surface area (Å²) in [7, 11) is 1.53. The molecule has 3 nitrogen and oxygen atoms in total. The molecular weight excluding hydrogens is 188 g/mol. The average Bonchev–Trinajstić information content (AvgIpc) is 2.30. The Morgan fingerprint density at radius 3 is 2.53 bits per heavy atom. The Balaban J connectivity index is 2.81. The first-order chi connectivity index (χ1) is 7.29. The summed E-state index contributed by atoms with van der Waals surface area (Å²) in [5, 5.41) is 11.6. The fourth-order valence-corrected chi connectivity index (χ4v) is 1.38. The van der Waals surface area contributed by atoms with Gasteiger partial charge >= 0.3 is 0 Å². The third-order valence-electron chi connectivity index (χ3n) is 2.23. The van der Waals surface area contributed by atoms with Crippen molar-refractivity contribution in [3.63, 3.8) is 0 Å². The fourth-order valence-electron chi connectivity index (χ4n) is 1.38. The standard InChI is InChI=1S/C12H18N2O/c1-3-4-10-14(12(15)13-2)11-8-6-5-7-9-11/h5-9H,3-4,10H2,1-2H3,(H,13,15)/p-1. The SMILES string of the molecule is CCCCN(C([O-])=NC)c1ccccc1. The fraction of sp³-hybridized carbons (Fsp3) is 0.417. The zero-order chi connectivity index (χ0) is 11.1. The highest BCUT2D eigenvalue weighted by atomic mass is 16.3.